The van der Waals surface area contributed by atoms with Gasteiger partial charge in [0.1, 0.15) is 23.4 Å². The van der Waals surface area contributed by atoms with E-state index in [9.17, 15) is 4.39 Å². The van der Waals surface area contributed by atoms with Gasteiger partial charge in [0, 0.05) is 22.9 Å². The quantitative estimate of drug-likeness (QED) is 0.469. The van der Waals surface area contributed by atoms with Crippen molar-refractivity contribution in [2.45, 2.75) is 0 Å². The summed E-state index contributed by atoms with van der Waals surface area (Å²) in [4.78, 5) is 9.31. The molecular weight excluding hydrogens is 303 g/mol. The molecule has 0 amide bonds. The zero-order valence-corrected chi connectivity index (χ0v) is 12.5. The van der Waals surface area contributed by atoms with Gasteiger partial charge in [-0.3, -0.25) is 0 Å². The smallest absolute Gasteiger partial charge is 0.137 e. The SMILES string of the molecule is Fc1cccc(C2=Nc3ccccc3-c3ncnn4ccc2c34)c1. The molecule has 0 spiro atoms. The molecule has 4 nitrogen and oxygen atoms in total. The summed E-state index contributed by atoms with van der Waals surface area (Å²) in [6, 6.07) is 16.3. The first kappa shape index (κ1) is 13.1. The molecule has 0 atom stereocenters. The van der Waals surface area contributed by atoms with Crippen LogP contribution in [0.4, 0.5) is 10.1 Å². The second kappa shape index (κ2) is 4.83. The summed E-state index contributed by atoms with van der Waals surface area (Å²) in [5, 5.41) is 4.28. The van der Waals surface area contributed by atoms with Crippen molar-refractivity contribution >= 4 is 16.9 Å². The van der Waals surface area contributed by atoms with Gasteiger partial charge >= 0.3 is 0 Å². The largest absolute Gasteiger partial charge is 0.247 e. The van der Waals surface area contributed by atoms with Crippen molar-refractivity contribution in [3.05, 3.63) is 84.1 Å². The predicted molar refractivity (Wildman–Crippen MR) is 90.1 cm³/mol. The van der Waals surface area contributed by atoms with E-state index in [0.29, 0.717) is 0 Å². The number of hydrogen-bond acceptors (Lipinski definition) is 3. The van der Waals surface area contributed by atoms with Gasteiger partial charge in [-0.1, -0.05) is 30.3 Å². The van der Waals surface area contributed by atoms with Gasteiger partial charge in [-0.25, -0.2) is 18.9 Å². The number of aliphatic imine (C=N–C) groups is 1. The van der Waals surface area contributed by atoms with Crippen molar-refractivity contribution in [3.63, 3.8) is 0 Å². The Morgan fingerprint density at radius 2 is 1.83 bits per heavy atom. The Balaban J connectivity index is 1.93. The van der Waals surface area contributed by atoms with Crippen LogP contribution in [0.25, 0.3) is 16.8 Å². The molecule has 0 fully saturated rings. The van der Waals surface area contributed by atoms with E-state index >= 15 is 0 Å². The number of rotatable bonds is 1. The highest BCUT2D eigenvalue weighted by Gasteiger charge is 2.22. The Hall–Kier alpha value is -3.34. The number of para-hydroxylation sites is 1. The molecule has 2 aromatic carbocycles. The predicted octanol–water partition coefficient (Wildman–Crippen LogP) is 4.02. The summed E-state index contributed by atoms with van der Waals surface area (Å²) in [5.74, 6) is -0.285. The van der Waals surface area contributed by atoms with Crippen LogP contribution in [0.5, 0.6) is 0 Å². The van der Waals surface area contributed by atoms with Gasteiger partial charge < -0.3 is 0 Å². The lowest BCUT2D eigenvalue weighted by Gasteiger charge is -2.05. The summed E-state index contributed by atoms with van der Waals surface area (Å²) in [5.41, 5.74) is 5.81. The normalized spacial score (nSPS) is 12.6. The maximum Gasteiger partial charge on any atom is 0.137 e. The summed E-state index contributed by atoms with van der Waals surface area (Å²) in [6.07, 6.45) is 3.41. The fourth-order valence-electron chi connectivity index (χ4n) is 3.15. The minimum absolute atomic E-state index is 0.285. The zero-order chi connectivity index (χ0) is 16.1. The number of halogens is 1. The standard InChI is InChI=1S/C19H11FN4/c20-13-5-3-4-12(10-13)17-15-8-9-24-19(15)18(21-11-22-24)14-6-1-2-7-16(14)23-17/h1-11H. The van der Waals surface area contributed by atoms with Gasteiger partial charge in [0.2, 0.25) is 0 Å². The lowest BCUT2D eigenvalue weighted by molar-refractivity contribution is 0.627. The third-order valence-corrected chi connectivity index (χ3v) is 4.20. The number of hydrogen-bond donors (Lipinski definition) is 0. The van der Waals surface area contributed by atoms with Crippen LogP contribution in [-0.2, 0) is 0 Å². The van der Waals surface area contributed by atoms with Crippen LogP contribution < -0.4 is 0 Å². The van der Waals surface area contributed by atoms with E-state index < -0.39 is 0 Å². The lowest BCUT2D eigenvalue weighted by atomic mass is 10.0. The summed E-state index contributed by atoms with van der Waals surface area (Å²) >= 11 is 0. The van der Waals surface area contributed by atoms with E-state index in [1.54, 1.807) is 10.6 Å². The van der Waals surface area contributed by atoms with Crippen LogP contribution in [0, 0.1) is 5.82 Å². The second-order valence-corrected chi connectivity index (χ2v) is 5.62. The molecule has 0 radical (unpaired) electrons. The zero-order valence-electron chi connectivity index (χ0n) is 12.5. The minimum Gasteiger partial charge on any atom is -0.247 e. The topological polar surface area (TPSA) is 42.5 Å². The first-order chi connectivity index (χ1) is 11.8. The Morgan fingerprint density at radius 1 is 0.917 bits per heavy atom. The first-order valence-electron chi connectivity index (χ1n) is 7.58. The number of aromatic nitrogens is 3. The third kappa shape index (κ3) is 1.81. The highest BCUT2D eigenvalue weighted by Crippen LogP contribution is 2.37. The molecule has 0 aliphatic carbocycles. The molecule has 3 heterocycles. The van der Waals surface area contributed by atoms with Crippen molar-refractivity contribution in [2.75, 3.05) is 0 Å². The van der Waals surface area contributed by atoms with Gasteiger partial charge in [0.25, 0.3) is 0 Å². The molecule has 24 heavy (non-hydrogen) atoms. The number of nitrogens with zero attached hydrogens (tertiary/aromatic N) is 4. The first-order valence-corrected chi connectivity index (χ1v) is 7.58. The van der Waals surface area contributed by atoms with Crippen LogP contribution in [0.1, 0.15) is 11.1 Å². The fourth-order valence-corrected chi connectivity index (χ4v) is 3.15. The molecule has 0 saturated heterocycles. The molecule has 5 heteroatoms. The van der Waals surface area contributed by atoms with Crippen LogP contribution in [0.15, 0.2) is 72.1 Å². The van der Waals surface area contributed by atoms with Gasteiger partial charge in [-0.15, -0.1) is 0 Å². The van der Waals surface area contributed by atoms with Gasteiger partial charge in [-0.05, 0) is 24.3 Å². The van der Waals surface area contributed by atoms with Crippen LogP contribution in [-0.4, -0.2) is 20.3 Å². The molecule has 4 aromatic rings. The van der Waals surface area contributed by atoms with Crippen molar-refractivity contribution in [1.82, 2.24) is 14.6 Å². The van der Waals surface area contributed by atoms with E-state index in [1.807, 2.05) is 42.6 Å². The van der Waals surface area contributed by atoms with Crippen LogP contribution in [0.3, 0.4) is 0 Å². The number of fused-ring (bicyclic) bond motifs is 2. The second-order valence-electron chi connectivity index (χ2n) is 5.62. The van der Waals surface area contributed by atoms with Gasteiger partial charge in [0.15, 0.2) is 0 Å². The molecule has 1 aliphatic heterocycles. The molecule has 0 N–H and O–H groups in total. The Kier molecular flexibility index (Phi) is 2.64. The van der Waals surface area contributed by atoms with Gasteiger partial charge in [0.05, 0.1) is 11.4 Å². The summed E-state index contributed by atoms with van der Waals surface area (Å²) < 4.78 is 15.5. The molecule has 5 rings (SSSR count). The average molecular weight is 314 g/mol. The molecule has 0 saturated carbocycles. The molecule has 2 aromatic heterocycles. The molecular formula is C19H11FN4. The van der Waals surface area contributed by atoms with Crippen LogP contribution >= 0.6 is 0 Å². The Morgan fingerprint density at radius 3 is 2.75 bits per heavy atom. The minimum atomic E-state index is -0.285. The Labute approximate surface area is 136 Å². The van der Waals surface area contributed by atoms with E-state index in [4.69, 9.17) is 4.99 Å². The molecule has 1 aliphatic rings. The average Bonchev–Trinajstić information content (AvgIpc) is 2.97. The van der Waals surface area contributed by atoms with Crippen LogP contribution in [0.2, 0.25) is 0 Å². The molecule has 114 valence electrons. The van der Waals surface area contributed by atoms with E-state index in [0.717, 1.165) is 39.3 Å². The third-order valence-electron chi connectivity index (χ3n) is 4.20. The van der Waals surface area contributed by atoms with Crippen molar-refractivity contribution in [1.29, 1.82) is 0 Å². The van der Waals surface area contributed by atoms with E-state index in [2.05, 4.69) is 10.1 Å². The lowest BCUT2D eigenvalue weighted by Crippen LogP contribution is -2.03. The Bertz CT molecular complexity index is 1130. The summed E-state index contributed by atoms with van der Waals surface area (Å²) in [7, 11) is 0. The highest BCUT2D eigenvalue weighted by atomic mass is 19.1. The van der Waals surface area contributed by atoms with E-state index in [1.165, 1.54) is 18.5 Å². The van der Waals surface area contributed by atoms with E-state index in [-0.39, 0.29) is 5.82 Å². The monoisotopic (exact) mass is 314 g/mol. The molecule has 0 unspecified atom stereocenters. The van der Waals surface area contributed by atoms with Crippen molar-refractivity contribution < 1.29 is 4.39 Å². The van der Waals surface area contributed by atoms with Gasteiger partial charge in [-0.2, -0.15) is 5.10 Å². The number of benzene rings is 2. The molecule has 0 bridgehead atoms. The fraction of sp³-hybridized carbons (Fsp3) is 0. The highest BCUT2D eigenvalue weighted by molar-refractivity contribution is 6.20. The van der Waals surface area contributed by atoms with Crippen molar-refractivity contribution in [3.8, 4) is 11.3 Å². The van der Waals surface area contributed by atoms with Crippen molar-refractivity contribution in [2.24, 2.45) is 4.99 Å². The maximum atomic E-state index is 13.7. The summed E-state index contributed by atoms with van der Waals surface area (Å²) in [6.45, 7) is 0. The maximum absolute atomic E-state index is 13.7.